The molecule has 0 aromatic heterocycles. The quantitative estimate of drug-likeness (QED) is 0.524. The molecule has 3 aromatic carbocycles. The van der Waals surface area contributed by atoms with E-state index in [0.29, 0.717) is 17.8 Å². The van der Waals surface area contributed by atoms with Crippen molar-refractivity contribution in [1.82, 2.24) is 10.2 Å². The second-order valence-electron chi connectivity index (χ2n) is 8.79. The SMILES string of the molecule is Cc1ccc(S(=O)(=O)N(C)c2ccccc2C(=O)NCc2ccc(CN3CCCC3)cc2)cc1. The van der Waals surface area contributed by atoms with E-state index in [1.807, 2.05) is 19.1 Å². The van der Waals surface area contributed by atoms with E-state index in [1.54, 1.807) is 48.5 Å². The topological polar surface area (TPSA) is 69.7 Å². The van der Waals surface area contributed by atoms with Crippen LogP contribution in [0.3, 0.4) is 0 Å². The fourth-order valence-electron chi connectivity index (χ4n) is 4.18. The van der Waals surface area contributed by atoms with Gasteiger partial charge in [-0.15, -0.1) is 0 Å². The zero-order valence-electron chi connectivity index (χ0n) is 19.7. The number of carbonyl (C=O) groups excluding carboxylic acids is 1. The third-order valence-electron chi connectivity index (χ3n) is 6.25. The molecular formula is C27H31N3O3S. The molecule has 0 saturated carbocycles. The van der Waals surface area contributed by atoms with Crippen LogP contribution in [-0.2, 0) is 23.1 Å². The molecule has 1 heterocycles. The predicted molar refractivity (Wildman–Crippen MR) is 135 cm³/mol. The minimum atomic E-state index is -3.80. The zero-order chi connectivity index (χ0) is 24.1. The lowest BCUT2D eigenvalue weighted by molar-refractivity contribution is 0.0951. The van der Waals surface area contributed by atoms with Gasteiger partial charge >= 0.3 is 0 Å². The van der Waals surface area contributed by atoms with Gasteiger partial charge in [0.1, 0.15) is 0 Å². The van der Waals surface area contributed by atoms with Crippen LogP contribution in [0.1, 0.15) is 39.9 Å². The zero-order valence-corrected chi connectivity index (χ0v) is 20.5. The third-order valence-corrected chi connectivity index (χ3v) is 8.03. The Balaban J connectivity index is 1.44. The van der Waals surface area contributed by atoms with Crippen LogP contribution in [0.15, 0.2) is 77.7 Å². The van der Waals surface area contributed by atoms with Gasteiger partial charge < -0.3 is 5.32 Å². The van der Waals surface area contributed by atoms with Crippen molar-refractivity contribution >= 4 is 21.6 Å². The van der Waals surface area contributed by atoms with Crippen molar-refractivity contribution in [1.29, 1.82) is 0 Å². The van der Waals surface area contributed by atoms with Gasteiger partial charge in [0, 0.05) is 20.1 Å². The Hall–Kier alpha value is -3.16. The van der Waals surface area contributed by atoms with Crippen LogP contribution in [0.25, 0.3) is 0 Å². The van der Waals surface area contributed by atoms with Crippen molar-refractivity contribution in [3.8, 4) is 0 Å². The number of nitrogens with zero attached hydrogens (tertiary/aromatic N) is 2. The summed E-state index contributed by atoms with van der Waals surface area (Å²) >= 11 is 0. The third kappa shape index (κ3) is 5.48. The van der Waals surface area contributed by atoms with Gasteiger partial charge in [0.05, 0.1) is 16.1 Å². The maximum atomic E-state index is 13.1. The summed E-state index contributed by atoms with van der Waals surface area (Å²) in [6, 6.07) is 21.7. The molecule has 1 saturated heterocycles. The first-order valence-electron chi connectivity index (χ1n) is 11.6. The molecule has 178 valence electrons. The molecule has 3 aromatic rings. The molecule has 1 amide bonds. The molecule has 0 bridgehead atoms. The minimum Gasteiger partial charge on any atom is -0.348 e. The fraction of sp³-hybridized carbons (Fsp3) is 0.296. The van der Waals surface area contributed by atoms with Crippen LogP contribution >= 0.6 is 0 Å². The van der Waals surface area contributed by atoms with Crippen molar-refractivity contribution in [3.05, 3.63) is 95.1 Å². The lowest BCUT2D eigenvalue weighted by Gasteiger charge is -2.22. The summed E-state index contributed by atoms with van der Waals surface area (Å²) in [7, 11) is -2.32. The molecule has 1 fully saturated rings. The molecule has 1 N–H and O–H groups in total. The molecule has 0 atom stereocenters. The van der Waals surface area contributed by atoms with E-state index in [0.717, 1.165) is 30.8 Å². The minimum absolute atomic E-state index is 0.185. The lowest BCUT2D eigenvalue weighted by Crippen LogP contribution is -2.30. The van der Waals surface area contributed by atoms with Crippen LogP contribution in [0.4, 0.5) is 5.69 Å². The Kier molecular flexibility index (Phi) is 7.34. The second-order valence-corrected chi connectivity index (χ2v) is 10.8. The van der Waals surface area contributed by atoms with Gasteiger partial charge in [-0.1, -0.05) is 54.1 Å². The molecule has 0 aliphatic carbocycles. The van der Waals surface area contributed by atoms with Gasteiger partial charge in [0.15, 0.2) is 0 Å². The monoisotopic (exact) mass is 477 g/mol. The highest BCUT2D eigenvalue weighted by molar-refractivity contribution is 7.92. The molecule has 34 heavy (non-hydrogen) atoms. The number of carbonyl (C=O) groups is 1. The number of amides is 1. The van der Waals surface area contributed by atoms with E-state index >= 15 is 0 Å². The van der Waals surface area contributed by atoms with Gasteiger partial charge in [0.2, 0.25) is 0 Å². The number of sulfonamides is 1. The Morgan fingerprint density at radius 1 is 0.912 bits per heavy atom. The van der Waals surface area contributed by atoms with E-state index in [1.165, 1.54) is 29.8 Å². The van der Waals surface area contributed by atoms with Crippen LogP contribution in [0.2, 0.25) is 0 Å². The van der Waals surface area contributed by atoms with Gasteiger partial charge in [-0.2, -0.15) is 0 Å². The number of aryl methyl sites for hydroxylation is 1. The number of rotatable bonds is 8. The molecule has 1 aliphatic rings. The standard InChI is InChI=1S/C27H31N3O3S/c1-21-9-15-24(16-10-21)34(32,33)29(2)26-8-4-3-7-25(26)27(31)28-19-22-11-13-23(14-12-22)20-30-17-5-6-18-30/h3-4,7-16H,5-6,17-20H2,1-2H3,(H,28,31). The number of benzene rings is 3. The van der Waals surface area contributed by atoms with Crippen LogP contribution in [0, 0.1) is 6.92 Å². The Morgan fingerprint density at radius 3 is 2.21 bits per heavy atom. The number of para-hydroxylation sites is 1. The number of anilines is 1. The van der Waals surface area contributed by atoms with Gasteiger partial charge in [-0.3, -0.25) is 14.0 Å². The maximum absolute atomic E-state index is 13.1. The Labute approximate surface area is 202 Å². The summed E-state index contributed by atoms with van der Waals surface area (Å²) in [6.07, 6.45) is 2.54. The molecule has 0 radical (unpaired) electrons. The molecule has 7 heteroatoms. The molecule has 0 spiro atoms. The first kappa shape index (κ1) is 24.0. The number of hydrogen-bond donors (Lipinski definition) is 1. The molecular weight excluding hydrogens is 446 g/mol. The van der Waals surface area contributed by atoms with Crippen molar-refractivity contribution in [3.63, 3.8) is 0 Å². The molecule has 4 rings (SSSR count). The van der Waals surface area contributed by atoms with Crippen LogP contribution in [-0.4, -0.2) is 39.4 Å². The highest BCUT2D eigenvalue weighted by Gasteiger charge is 2.25. The van der Waals surface area contributed by atoms with Crippen LogP contribution < -0.4 is 9.62 Å². The van der Waals surface area contributed by atoms with Crippen molar-refractivity contribution in [2.24, 2.45) is 0 Å². The normalized spacial score (nSPS) is 14.2. The maximum Gasteiger partial charge on any atom is 0.264 e. The van der Waals surface area contributed by atoms with E-state index in [-0.39, 0.29) is 10.8 Å². The van der Waals surface area contributed by atoms with Gasteiger partial charge in [0.25, 0.3) is 15.9 Å². The summed E-state index contributed by atoms with van der Waals surface area (Å²) in [5.74, 6) is -0.317. The lowest BCUT2D eigenvalue weighted by atomic mass is 10.1. The van der Waals surface area contributed by atoms with E-state index in [4.69, 9.17) is 0 Å². The first-order valence-corrected chi connectivity index (χ1v) is 13.0. The second kappa shape index (κ2) is 10.4. The highest BCUT2D eigenvalue weighted by atomic mass is 32.2. The van der Waals surface area contributed by atoms with E-state index < -0.39 is 10.0 Å². The average Bonchev–Trinajstić information content (AvgIpc) is 3.36. The number of nitrogens with one attached hydrogen (secondary N) is 1. The molecule has 6 nitrogen and oxygen atoms in total. The summed E-state index contributed by atoms with van der Waals surface area (Å²) < 4.78 is 27.5. The van der Waals surface area contributed by atoms with Crippen molar-refractivity contribution in [2.45, 2.75) is 37.8 Å². The van der Waals surface area contributed by atoms with E-state index in [9.17, 15) is 13.2 Å². The summed E-state index contributed by atoms with van der Waals surface area (Å²) in [5, 5.41) is 2.93. The van der Waals surface area contributed by atoms with Crippen LogP contribution in [0.5, 0.6) is 0 Å². The van der Waals surface area contributed by atoms with Crippen molar-refractivity contribution < 1.29 is 13.2 Å². The largest absolute Gasteiger partial charge is 0.348 e. The summed E-state index contributed by atoms with van der Waals surface area (Å²) in [4.78, 5) is 15.6. The van der Waals surface area contributed by atoms with Gasteiger partial charge in [-0.25, -0.2) is 8.42 Å². The molecule has 0 unspecified atom stereocenters. The van der Waals surface area contributed by atoms with Gasteiger partial charge in [-0.05, 0) is 68.2 Å². The molecule has 1 aliphatic heterocycles. The smallest absolute Gasteiger partial charge is 0.264 e. The predicted octanol–water partition coefficient (Wildman–Crippen LogP) is 4.35. The van der Waals surface area contributed by atoms with E-state index in [2.05, 4.69) is 22.3 Å². The highest BCUT2D eigenvalue weighted by Crippen LogP contribution is 2.26. The van der Waals surface area contributed by atoms with Crippen molar-refractivity contribution in [2.75, 3.05) is 24.4 Å². The Morgan fingerprint density at radius 2 is 1.53 bits per heavy atom. The summed E-state index contributed by atoms with van der Waals surface area (Å²) in [5.41, 5.74) is 3.89. The number of likely N-dealkylation sites (tertiary alicyclic amines) is 1. The number of hydrogen-bond acceptors (Lipinski definition) is 4. The fourth-order valence-corrected chi connectivity index (χ4v) is 5.39. The average molecular weight is 478 g/mol. The first-order chi connectivity index (χ1) is 16.3. The summed E-state index contributed by atoms with van der Waals surface area (Å²) in [6.45, 7) is 5.55. The Bertz CT molecular complexity index is 1230.